The van der Waals surface area contributed by atoms with E-state index in [4.69, 9.17) is 0 Å². The maximum Gasteiger partial charge on any atom is 0.256 e. The lowest BCUT2D eigenvalue weighted by molar-refractivity contribution is -0.116. The summed E-state index contributed by atoms with van der Waals surface area (Å²) in [5.41, 5.74) is 2.93. The van der Waals surface area contributed by atoms with Gasteiger partial charge < -0.3 is 10.6 Å². The lowest BCUT2D eigenvalue weighted by Gasteiger charge is -2.08. The molecule has 160 valence electrons. The highest BCUT2D eigenvalue weighted by molar-refractivity contribution is 9.10. The second kappa shape index (κ2) is 10.0. The van der Waals surface area contributed by atoms with Gasteiger partial charge >= 0.3 is 0 Å². The van der Waals surface area contributed by atoms with Crippen molar-refractivity contribution in [1.82, 2.24) is 14.8 Å². The van der Waals surface area contributed by atoms with Gasteiger partial charge in [-0.25, -0.2) is 9.67 Å². The molecular weight excluding hydrogens is 470 g/mol. The fourth-order valence-corrected chi connectivity index (χ4v) is 3.30. The van der Waals surface area contributed by atoms with Gasteiger partial charge in [0, 0.05) is 34.5 Å². The largest absolute Gasteiger partial charge is 0.326 e. The van der Waals surface area contributed by atoms with Crippen molar-refractivity contribution in [2.45, 2.75) is 12.8 Å². The van der Waals surface area contributed by atoms with Gasteiger partial charge in [-0.05, 0) is 70.4 Å². The van der Waals surface area contributed by atoms with Crippen LogP contribution in [0.4, 0.5) is 11.5 Å². The zero-order chi connectivity index (χ0) is 22.3. The summed E-state index contributed by atoms with van der Waals surface area (Å²) in [6.07, 6.45) is 6.16. The molecule has 0 aliphatic heterocycles. The third kappa shape index (κ3) is 5.67. The predicted molar refractivity (Wildman–Crippen MR) is 127 cm³/mol. The zero-order valence-corrected chi connectivity index (χ0v) is 18.6. The first kappa shape index (κ1) is 21.5. The first-order valence-corrected chi connectivity index (χ1v) is 10.8. The monoisotopic (exact) mass is 489 g/mol. The summed E-state index contributed by atoms with van der Waals surface area (Å²) >= 11 is 3.31. The average molecular weight is 490 g/mol. The Balaban J connectivity index is 1.32. The second-order valence-electron chi connectivity index (χ2n) is 7.07. The van der Waals surface area contributed by atoms with Crippen LogP contribution in [0.2, 0.25) is 0 Å². The maximum atomic E-state index is 12.5. The minimum atomic E-state index is -0.302. The van der Waals surface area contributed by atoms with Gasteiger partial charge in [0.15, 0.2) is 0 Å². The van der Waals surface area contributed by atoms with Crippen molar-refractivity contribution in [1.29, 1.82) is 0 Å². The van der Waals surface area contributed by atoms with E-state index in [-0.39, 0.29) is 11.8 Å². The Labute approximate surface area is 193 Å². The van der Waals surface area contributed by atoms with Gasteiger partial charge in [-0.3, -0.25) is 9.59 Å². The lowest BCUT2D eigenvalue weighted by atomic mass is 10.1. The van der Waals surface area contributed by atoms with E-state index >= 15 is 0 Å². The van der Waals surface area contributed by atoms with Crippen LogP contribution in [-0.2, 0) is 11.2 Å². The van der Waals surface area contributed by atoms with E-state index in [0.717, 1.165) is 15.7 Å². The quantitative estimate of drug-likeness (QED) is 0.388. The Morgan fingerprint density at radius 2 is 1.78 bits per heavy atom. The molecule has 4 aromatic rings. The molecular formula is C24H20BrN5O2. The van der Waals surface area contributed by atoms with Gasteiger partial charge in [-0.1, -0.05) is 24.3 Å². The summed E-state index contributed by atoms with van der Waals surface area (Å²) in [6, 6.07) is 20.1. The molecule has 4 rings (SSSR count). The molecule has 0 atom stereocenters. The number of pyridine rings is 1. The number of carbonyl (C=O) groups excluding carboxylic acids is 2. The lowest BCUT2D eigenvalue weighted by Crippen LogP contribution is -2.15. The van der Waals surface area contributed by atoms with Gasteiger partial charge in [0.1, 0.15) is 5.82 Å². The Kier molecular flexibility index (Phi) is 6.72. The molecule has 0 aliphatic rings. The van der Waals surface area contributed by atoms with Crippen LogP contribution in [0.15, 0.2) is 89.8 Å². The summed E-state index contributed by atoms with van der Waals surface area (Å²) in [7, 11) is 0. The molecule has 8 heteroatoms. The summed E-state index contributed by atoms with van der Waals surface area (Å²) in [5, 5.41) is 9.94. The van der Waals surface area contributed by atoms with Crippen LogP contribution in [0.3, 0.4) is 0 Å². The van der Waals surface area contributed by atoms with E-state index < -0.39 is 0 Å². The molecule has 0 aliphatic carbocycles. The topological polar surface area (TPSA) is 88.9 Å². The highest BCUT2D eigenvalue weighted by Crippen LogP contribution is 2.15. The Bertz CT molecular complexity index is 1220. The molecule has 2 aromatic heterocycles. The molecule has 2 N–H and O–H groups in total. The van der Waals surface area contributed by atoms with Crippen molar-refractivity contribution in [3.8, 4) is 5.69 Å². The highest BCUT2D eigenvalue weighted by atomic mass is 79.9. The van der Waals surface area contributed by atoms with Crippen LogP contribution >= 0.6 is 15.9 Å². The number of carbonyl (C=O) groups is 2. The van der Waals surface area contributed by atoms with E-state index in [1.807, 2.05) is 36.5 Å². The van der Waals surface area contributed by atoms with Crippen molar-refractivity contribution >= 4 is 39.2 Å². The van der Waals surface area contributed by atoms with Crippen molar-refractivity contribution in [3.63, 3.8) is 0 Å². The normalized spacial score (nSPS) is 10.5. The molecule has 32 heavy (non-hydrogen) atoms. The molecule has 2 heterocycles. The molecule has 0 saturated carbocycles. The van der Waals surface area contributed by atoms with E-state index in [1.165, 1.54) is 0 Å². The number of rotatable bonds is 7. The summed E-state index contributed by atoms with van der Waals surface area (Å²) in [4.78, 5) is 29.0. The first-order valence-electron chi connectivity index (χ1n) is 9.98. The van der Waals surface area contributed by atoms with Crippen molar-refractivity contribution in [2.75, 3.05) is 10.6 Å². The fourth-order valence-electron chi connectivity index (χ4n) is 3.07. The number of aromatic nitrogens is 3. The summed E-state index contributed by atoms with van der Waals surface area (Å²) in [5.74, 6) is 0.0116. The Morgan fingerprint density at radius 1 is 0.938 bits per heavy atom. The number of nitrogens with one attached hydrogen (secondary N) is 2. The van der Waals surface area contributed by atoms with E-state index in [1.54, 1.807) is 53.5 Å². The number of nitrogens with zero attached hydrogens (tertiary/aromatic N) is 3. The molecule has 0 bridgehead atoms. The van der Waals surface area contributed by atoms with Crippen molar-refractivity contribution in [2.24, 2.45) is 0 Å². The Hall–Kier alpha value is -3.78. The van der Waals surface area contributed by atoms with Gasteiger partial charge in [0.25, 0.3) is 5.91 Å². The number of anilines is 2. The van der Waals surface area contributed by atoms with Crippen LogP contribution in [0.5, 0.6) is 0 Å². The van der Waals surface area contributed by atoms with Crippen LogP contribution in [-0.4, -0.2) is 26.6 Å². The van der Waals surface area contributed by atoms with Gasteiger partial charge in [-0.15, -0.1) is 0 Å². The molecule has 0 fully saturated rings. The van der Waals surface area contributed by atoms with Crippen molar-refractivity contribution in [3.05, 3.63) is 101 Å². The molecule has 0 saturated heterocycles. The fraction of sp³-hybridized carbons (Fsp3) is 0.0833. The maximum absolute atomic E-state index is 12.5. The number of aryl methyl sites for hydroxylation is 1. The minimum Gasteiger partial charge on any atom is -0.326 e. The number of hydrogen-bond donors (Lipinski definition) is 2. The van der Waals surface area contributed by atoms with Gasteiger partial charge in [0.05, 0.1) is 11.9 Å². The third-order valence-electron chi connectivity index (χ3n) is 4.68. The summed E-state index contributed by atoms with van der Waals surface area (Å²) in [6.45, 7) is 0. The Morgan fingerprint density at radius 3 is 2.56 bits per heavy atom. The standard InChI is InChI=1S/C24H20BrN5O2/c25-19-10-11-22(26-15-19)29-24(32)18-5-4-6-20(13-18)28-23(31)12-9-17-14-27-30(16-17)21-7-2-1-3-8-21/h1-8,10-11,13-16H,9,12H2,(H,28,31)(H,26,29,32). The third-order valence-corrected chi connectivity index (χ3v) is 5.14. The van der Waals surface area contributed by atoms with E-state index in [2.05, 4.69) is 36.6 Å². The zero-order valence-electron chi connectivity index (χ0n) is 17.0. The molecule has 2 amide bonds. The average Bonchev–Trinajstić information content (AvgIpc) is 3.29. The minimum absolute atomic E-state index is 0.135. The van der Waals surface area contributed by atoms with Gasteiger partial charge in [-0.2, -0.15) is 5.10 Å². The summed E-state index contributed by atoms with van der Waals surface area (Å²) < 4.78 is 2.61. The van der Waals surface area contributed by atoms with E-state index in [0.29, 0.717) is 29.9 Å². The SMILES string of the molecule is O=C(CCc1cnn(-c2ccccc2)c1)Nc1cccc(C(=O)Nc2ccc(Br)cn2)c1. The number of benzene rings is 2. The smallest absolute Gasteiger partial charge is 0.256 e. The predicted octanol–water partition coefficient (Wildman–Crippen LogP) is 4.85. The first-order chi connectivity index (χ1) is 15.6. The van der Waals surface area contributed by atoms with E-state index in [9.17, 15) is 9.59 Å². The van der Waals surface area contributed by atoms with Crippen LogP contribution < -0.4 is 10.6 Å². The molecule has 2 aromatic carbocycles. The van der Waals surface area contributed by atoms with Crippen molar-refractivity contribution < 1.29 is 9.59 Å². The number of amides is 2. The molecule has 0 unspecified atom stereocenters. The van der Waals surface area contributed by atoms with Crippen LogP contribution in [0.25, 0.3) is 5.69 Å². The molecule has 0 spiro atoms. The number of hydrogen-bond acceptors (Lipinski definition) is 4. The highest BCUT2D eigenvalue weighted by Gasteiger charge is 2.10. The molecule has 7 nitrogen and oxygen atoms in total. The second-order valence-corrected chi connectivity index (χ2v) is 7.99. The van der Waals surface area contributed by atoms with Crippen LogP contribution in [0.1, 0.15) is 22.3 Å². The van der Waals surface area contributed by atoms with Crippen LogP contribution in [0, 0.1) is 0 Å². The number of para-hydroxylation sites is 1. The number of halogens is 1. The molecule has 0 radical (unpaired) electrons. The van der Waals surface area contributed by atoms with Gasteiger partial charge in [0.2, 0.25) is 5.91 Å².